The van der Waals surface area contributed by atoms with E-state index in [-0.39, 0.29) is 30.1 Å². The Kier molecular flexibility index (Phi) is 15.1. The summed E-state index contributed by atoms with van der Waals surface area (Å²) in [6, 6.07) is 6.11. The number of benzene rings is 1. The average molecular weight is 493 g/mol. The first-order valence-corrected chi connectivity index (χ1v) is 9.55. The van der Waals surface area contributed by atoms with Gasteiger partial charge in [0.25, 0.3) is 0 Å². The van der Waals surface area contributed by atoms with Gasteiger partial charge in [-0.2, -0.15) is 0 Å². The molecule has 0 atom stereocenters. The molecule has 0 amide bonds. The summed E-state index contributed by atoms with van der Waals surface area (Å²) in [4.78, 5) is 4.25. The van der Waals surface area contributed by atoms with E-state index in [4.69, 9.17) is 14.2 Å². The molecule has 0 aliphatic carbocycles. The third-order valence-corrected chi connectivity index (χ3v) is 3.60. The fourth-order valence-corrected chi connectivity index (χ4v) is 2.39. The maximum absolute atomic E-state index is 5.68. The predicted molar refractivity (Wildman–Crippen MR) is 123 cm³/mol. The molecule has 0 unspecified atom stereocenters. The van der Waals surface area contributed by atoms with E-state index in [1.165, 1.54) is 5.56 Å². The molecular formula is C20H36IN3O3. The van der Waals surface area contributed by atoms with Gasteiger partial charge in [-0.05, 0) is 58.2 Å². The van der Waals surface area contributed by atoms with Crippen molar-refractivity contribution in [3.8, 4) is 11.5 Å². The van der Waals surface area contributed by atoms with Crippen molar-refractivity contribution >= 4 is 29.9 Å². The maximum Gasteiger partial charge on any atom is 0.190 e. The molecule has 0 bridgehead atoms. The van der Waals surface area contributed by atoms with E-state index in [1.54, 1.807) is 7.05 Å². The molecule has 2 N–H and O–H groups in total. The standard InChI is InChI=1S/C20H35N3O3.HI/c1-6-24-18-10-9-17(15-19(18)25-7-2)11-13-23-20(21-5)22-12-8-14-26-16(3)4;/h9-10,15-16H,6-8,11-14H2,1-5H3,(H2,21,22,23);1H. The van der Waals surface area contributed by atoms with Crippen LogP contribution in [0.1, 0.15) is 39.7 Å². The van der Waals surface area contributed by atoms with Crippen LogP contribution in [-0.2, 0) is 11.2 Å². The maximum atomic E-state index is 5.68. The van der Waals surface area contributed by atoms with Crippen LogP contribution in [0.3, 0.4) is 0 Å². The van der Waals surface area contributed by atoms with Gasteiger partial charge in [0.15, 0.2) is 17.5 Å². The molecule has 0 saturated heterocycles. The van der Waals surface area contributed by atoms with Crippen LogP contribution < -0.4 is 20.1 Å². The number of nitrogens with one attached hydrogen (secondary N) is 2. The monoisotopic (exact) mass is 493 g/mol. The molecule has 0 radical (unpaired) electrons. The van der Waals surface area contributed by atoms with Crippen molar-refractivity contribution in [3.05, 3.63) is 23.8 Å². The van der Waals surface area contributed by atoms with Gasteiger partial charge in [0, 0.05) is 26.7 Å². The second-order valence-electron chi connectivity index (χ2n) is 6.10. The summed E-state index contributed by atoms with van der Waals surface area (Å²) in [6.07, 6.45) is 2.11. The zero-order valence-electron chi connectivity index (χ0n) is 17.3. The number of aliphatic imine (C=N–C) groups is 1. The fraction of sp³-hybridized carbons (Fsp3) is 0.650. The summed E-state index contributed by atoms with van der Waals surface area (Å²) in [5.41, 5.74) is 1.20. The van der Waals surface area contributed by atoms with Gasteiger partial charge in [0.05, 0.1) is 19.3 Å². The Bertz CT molecular complexity index is 539. The minimum Gasteiger partial charge on any atom is -0.490 e. The Morgan fingerprint density at radius 1 is 1.04 bits per heavy atom. The topological polar surface area (TPSA) is 64.1 Å². The number of rotatable bonds is 12. The first-order valence-electron chi connectivity index (χ1n) is 9.55. The van der Waals surface area contributed by atoms with Crippen molar-refractivity contribution < 1.29 is 14.2 Å². The van der Waals surface area contributed by atoms with Crippen molar-refractivity contribution in [2.45, 2.75) is 46.6 Å². The van der Waals surface area contributed by atoms with Crippen LogP contribution in [0.4, 0.5) is 0 Å². The highest BCUT2D eigenvalue weighted by Gasteiger charge is 2.06. The molecule has 27 heavy (non-hydrogen) atoms. The zero-order chi connectivity index (χ0) is 19.2. The Morgan fingerprint density at radius 2 is 1.70 bits per heavy atom. The van der Waals surface area contributed by atoms with Crippen molar-refractivity contribution in [1.82, 2.24) is 10.6 Å². The van der Waals surface area contributed by atoms with E-state index < -0.39 is 0 Å². The van der Waals surface area contributed by atoms with Crippen LogP contribution >= 0.6 is 24.0 Å². The second kappa shape index (κ2) is 15.8. The van der Waals surface area contributed by atoms with Crippen molar-refractivity contribution in [2.24, 2.45) is 4.99 Å². The van der Waals surface area contributed by atoms with E-state index in [9.17, 15) is 0 Å². The van der Waals surface area contributed by atoms with Crippen LogP contribution in [0, 0.1) is 0 Å². The predicted octanol–water partition coefficient (Wildman–Crippen LogP) is 3.62. The van der Waals surface area contributed by atoms with Crippen LogP contribution in [0.5, 0.6) is 11.5 Å². The molecule has 0 aromatic heterocycles. The van der Waals surface area contributed by atoms with Crippen LogP contribution in [0.15, 0.2) is 23.2 Å². The van der Waals surface area contributed by atoms with Gasteiger partial charge in [-0.25, -0.2) is 0 Å². The largest absolute Gasteiger partial charge is 0.490 e. The van der Waals surface area contributed by atoms with Gasteiger partial charge in [0.1, 0.15) is 0 Å². The molecule has 1 aromatic rings. The van der Waals surface area contributed by atoms with Gasteiger partial charge < -0.3 is 24.8 Å². The van der Waals surface area contributed by atoms with Crippen molar-refractivity contribution in [1.29, 1.82) is 0 Å². The third-order valence-electron chi connectivity index (χ3n) is 3.60. The van der Waals surface area contributed by atoms with Crippen LogP contribution in [0.2, 0.25) is 0 Å². The fourth-order valence-electron chi connectivity index (χ4n) is 2.39. The summed E-state index contributed by atoms with van der Waals surface area (Å²) in [5, 5.41) is 6.64. The SMILES string of the molecule is CCOc1ccc(CCNC(=NC)NCCCOC(C)C)cc1OCC.I. The minimum atomic E-state index is 0. The first-order chi connectivity index (χ1) is 12.6. The molecule has 0 spiro atoms. The Balaban J connectivity index is 0.00000676. The Labute approximate surface area is 181 Å². The summed E-state index contributed by atoms with van der Waals surface area (Å²) in [5.74, 6) is 2.41. The molecule has 7 heteroatoms. The highest BCUT2D eigenvalue weighted by molar-refractivity contribution is 14.0. The first kappa shape index (κ1) is 25.8. The third kappa shape index (κ3) is 11.3. The van der Waals surface area contributed by atoms with Gasteiger partial charge in [-0.15, -0.1) is 24.0 Å². The lowest BCUT2D eigenvalue weighted by molar-refractivity contribution is 0.0776. The summed E-state index contributed by atoms with van der Waals surface area (Å²) < 4.78 is 16.8. The van der Waals surface area contributed by atoms with E-state index in [2.05, 4.69) is 27.8 Å². The average Bonchev–Trinajstić information content (AvgIpc) is 2.62. The molecule has 1 rings (SSSR count). The lowest BCUT2D eigenvalue weighted by atomic mass is 10.1. The Morgan fingerprint density at radius 3 is 2.33 bits per heavy atom. The highest BCUT2D eigenvalue weighted by Crippen LogP contribution is 2.28. The minimum absolute atomic E-state index is 0. The number of guanidine groups is 1. The van der Waals surface area contributed by atoms with E-state index in [0.717, 1.165) is 50.0 Å². The van der Waals surface area contributed by atoms with Crippen molar-refractivity contribution in [2.75, 3.05) is 40.0 Å². The van der Waals surface area contributed by atoms with Gasteiger partial charge in [-0.1, -0.05) is 6.07 Å². The lowest BCUT2D eigenvalue weighted by Crippen LogP contribution is -2.39. The van der Waals surface area contributed by atoms with Gasteiger partial charge >= 0.3 is 0 Å². The Hall–Kier alpha value is -1.22. The van der Waals surface area contributed by atoms with E-state index in [0.29, 0.717) is 13.2 Å². The quantitative estimate of drug-likeness (QED) is 0.202. The molecule has 0 aliphatic rings. The molecule has 0 fully saturated rings. The molecule has 1 aromatic carbocycles. The number of ether oxygens (including phenoxy) is 3. The second-order valence-corrected chi connectivity index (χ2v) is 6.10. The molecule has 156 valence electrons. The normalized spacial score (nSPS) is 11.1. The molecular weight excluding hydrogens is 457 g/mol. The summed E-state index contributed by atoms with van der Waals surface area (Å²) in [6.45, 7) is 11.7. The lowest BCUT2D eigenvalue weighted by Gasteiger charge is -2.14. The van der Waals surface area contributed by atoms with E-state index >= 15 is 0 Å². The molecule has 0 saturated carbocycles. The highest BCUT2D eigenvalue weighted by atomic mass is 127. The summed E-state index contributed by atoms with van der Waals surface area (Å²) in [7, 11) is 1.78. The van der Waals surface area contributed by atoms with Gasteiger partial charge in [-0.3, -0.25) is 4.99 Å². The van der Waals surface area contributed by atoms with Crippen LogP contribution in [0.25, 0.3) is 0 Å². The van der Waals surface area contributed by atoms with Gasteiger partial charge in [0.2, 0.25) is 0 Å². The number of halogens is 1. The number of hydrogen-bond acceptors (Lipinski definition) is 4. The molecule has 0 heterocycles. The van der Waals surface area contributed by atoms with Crippen molar-refractivity contribution in [3.63, 3.8) is 0 Å². The summed E-state index contributed by atoms with van der Waals surface area (Å²) >= 11 is 0. The molecule has 0 aliphatic heterocycles. The van der Waals surface area contributed by atoms with Crippen LogP contribution in [-0.4, -0.2) is 52.0 Å². The van der Waals surface area contributed by atoms with E-state index in [1.807, 2.05) is 33.8 Å². The number of nitrogens with zero attached hydrogens (tertiary/aromatic N) is 1. The molecule has 6 nitrogen and oxygen atoms in total. The number of hydrogen-bond donors (Lipinski definition) is 2. The smallest absolute Gasteiger partial charge is 0.190 e. The zero-order valence-corrected chi connectivity index (χ0v) is 19.7.